The number of ether oxygens (including phenoxy) is 1. The lowest BCUT2D eigenvalue weighted by atomic mass is 9.79. The van der Waals surface area contributed by atoms with Crippen molar-refractivity contribution in [1.29, 1.82) is 0 Å². The van der Waals surface area contributed by atoms with Crippen LogP contribution in [0.4, 0.5) is 5.95 Å². The van der Waals surface area contributed by atoms with Gasteiger partial charge >= 0.3 is 5.97 Å². The number of hydrazine groups is 1. The number of esters is 1. The van der Waals surface area contributed by atoms with Crippen molar-refractivity contribution in [1.82, 2.24) is 20.7 Å². The predicted molar refractivity (Wildman–Crippen MR) is 96.4 cm³/mol. The van der Waals surface area contributed by atoms with Crippen LogP contribution < -0.4 is 15.8 Å². The molecule has 1 aromatic rings. The van der Waals surface area contributed by atoms with Gasteiger partial charge in [0.15, 0.2) is 5.78 Å². The van der Waals surface area contributed by atoms with Crippen LogP contribution in [0.15, 0.2) is 6.07 Å². The van der Waals surface area contributed by atoms with Gasteiger partial charge in [-0.1, -0.05) is 0 Å². The number of hydrogen-bond donors (Lipinski definition) is 2. The molecule has 9 heteroatoms. The number of fused-ring (bicyclic) bond motifs is 1. The van der Waals surface area contributed by atoms with Crippen molar-refractivity contribution in [2.24, 2.45) is 11.8 Å². The summed E-state index contributed by atoms with van der Waals surface area (Å²) in [5, 5.41) is 4.52. The number of nitrogens with one attached hydrogen (secondary N) is 2. The highest BCUT2D eigenvalue weighted by Gasteiger charge is 2.52. The monoisotopic (exact) mass is 375 g/mol. The maximum atomic E-state index is 13.0. The Kier molecular flexibility index (Phi) is 5.52. The van der Waals surface area contributed by atoms with E-state index in [0.717, 1.165) is 11.4 Å². The maximum Gasteiger partial charge on any atom is 0.305 e. The summed E-state index contributed by atoms with van der Waals surface area (Å²) in [5.74, 6) is -1.94. The van der Waals surface area contributed by atoms with Crippen molar-refractivity contribution in [2.45, 2.75) is 52.7 Å². The molecule has 0 aliphatic carbocycles. The Balaban J connectivity index is 1.76. The molecule has 3 rings (SSSR count). The second-order valence-corrected chi connectivity index (χ2v) is 7.02. The lowest BCUT2D eigenvalue weighted by molar-refractivity contribution is -0.144. The molecule has 0 spiro atoms. The average molecular weight is 375 g/mol. The van der Waals surface area contributed by atoms with Crippen molar-refractivity contribution >= 4 is 23.6 Å². The van der Waals surface area contributed by atoms with Gasteiger partial charge in [-0.3, -0.25) is 19.7 Å². The normalized spacial score (nSPS) is 27.6. The molecular weight excluding hydrogens is 350 g/mol. The quantitative estimate of drug-likeness (QED) is 0.562. The largest absolute Gasteiger partial charge is 0.466 e. The summed E-state index contributed by atoms with van der Waals surface area (Å²) in [6, 6.07) is 1.64. The highest BCUT2D eigenvalue weighted by atomic mass is 16.5. The van der Waals surface area contributed by atoms with Gasteiger partial charge < -0.3 is 4.74 Å². The van der Waals surface area contributed by atoms with Crippen LogP contribution in [0.2, 0.25) is 0 Å². The first-order valence-electron chi connectivity index (χ1n) is 9.19. The fourth-order valence-corrected chi connectivity index (χ4v) is 3.72. The number of anilines is 1. The molecule has 1 aromatic heterocycles. The second kappa shape index (κ2) is 7.69. The van der Waals surface area contributed by atoms with Gasteiger partial charge in [-0.15, -0.1) is 0 Å². The third-order valence-electron chi connectivity index (χ3n) is 4.94. The lowest BCUT2D eigenvalue weighted by Gasteiger charge is -2.34. The fraction of sp³-hybridized carbons (Fsp3) is 0.611. The minimum absolute atomic E-state index is 0.152. The topological polar surface area (TPSA) is 114 Å². The van der Waals surface area contributed by atoms with E-state index in [9.17, 15) is 14.4 Å². The van der Waals surface area contributed by atoms with Gasteiger partial charge in [0, 0.05) is 29.8 Å². The van der Waals surface area contributed by atoms with Crippen LogP contribution in [-0.2, 0) is 19.1 Å². The highest BCUT2D eigenvalue weighted by molar-refractivity contribution is 6.11. The molecule has 0 saturated carbocycles. The van der Waals surface area contributed by atoms with Crippen LogP contribution in [-0.4, -0.2) is 46.4 Å². The van der Waals surface area contributed by atoms with Gasteiger partial charge in [-0.25, -0.2) is 20.4 Å². The van der Waals surface area contributed by atoms with Gasteiger partial charge in [-0.05, 0) is 40.2 Å². The van der Waals surface area contributed by atoms with E-state index in [-0.39, 0.29) is 36.1 Å². The summed E-state index contributed by atoms with van der Waals surface area (Å²) >= 11 is 0. The molecule has 2 saturated heterocycles. The smallest absolute Gasteiger partial charge is 0.305 e. The van der Waals surface area contributed by atoms with Crippen LogP contribution in [0.5, 0.6) is 0 Å². The Bertz CT molecular complexity index is 748. The molecule has 3 heterocycles. The number of carbonyl (C=O) groups excluding carboxylic acids is 3. The molecule has 0 bridgehead atoms. The number of ketones is 1. The molecule has 9 nitrogen and oxygen atoms in total. The zero-order chi connectivity index (χ0) is 19.7. The average Bonchev–Trinajstić information content (AvgIpc) is 2.90. The summed E-state index contributed by atoms with van der Waals surface area (Å²) in [7, 11) is 0. The Morgan fingerprint density at radius 3 is 2.56 bits per heavy atom. The molecule has 2 N–H and O–H groups in total. The molecule has 2 fully saturated rings. The van der Waals surface area contributed by atoms with Crippen LogP contribution in [0.1, 0.15) is 38.1 Å². The van der Waals surface area contributed by atoms with Crippen LogP contribution >= 0.6 is 0 Å². The summed E-state index contributed by atoms with van der Waals surface area (Å²) in [5.41, 5.74) is 4.49. The van der Waals surface area contributed by atoms with E-state index in [0.29, 0.717) is 13.0 Å². The molecule has 4 unspecified atom stereocenters. The number of Topliss-reactive ketones (excluding diaryl/α,β-unsaturated/α-hetero) is 1. The molecule has 1 amide bonds. The van der Waals surface area contributed by atoms with E-state index in [1.54, 1.807) is 6.92 Å². The van der Waals surface area contributed by atoms with Crippen molar-refractivity contribution in [3.05, 3.63) is 17.5 Å². The summed E-state index contributed by atoms with van der Waals surface area (Å²) in [6.45, 7) is 7.58. The van der Waals surface area contributed by atoms with Crippen LogP contribution in [0.25, 0.3) is 0 Å². The zero-order valence-corrected chi connectivity index (χ0v) is 16.0. The molecule has 0 radical (unpaired) electrons. The Labute approximate surface area is 157 Å². The standard InChI is InChI=1S/C18H25N5O4/c1-5-27-13(24)7-6-12-11(4)21-16-14(15(12)25)17(26)23(22-16)18-19-9(2)8-10(3)20-18/h8,11-12,14,16,21-22H,5-7H2,1-4H3. The van der Waals surface area contributed by atoms with E-state index in [1.165, 1.54) is 5.01 Å². The number of aromatic nitrogens is 2. The number of aryl methyl sites for hydroxylation is 2. The minimum Gasteiger partial charge on any atom is -0.466 e. The number of amides is 1. The zero-order valence-electron chi connectivity index (χ0n) is 16.0. The number of rotatable bonds is 5. The molecule has 4 atom stereocenters. The Morgan fingerprint density at radius 2 is 1.93 bits per heavy atom. The van der Waals surface area contributed by atoms with E-state index in [1.807, 2.05) is 26.8 Å². The Morgan fingerprint density at radius 1 is 1.26 bits per heavy atom. The van der Waals surface area contributed by atoms with Crippen molar-refractivity contribution in [3.8, 4) is 0 Å². The van der Waals surface area contributed by atoms with Crippen LogP contribution in [0.3, 0.4) is 0 Å². The number of nitrogens with zero attached hydrogens (tertiary/aromatic N) is 3. The Hall–Kier alpha value is -2.39. The van der Waals surface area contributed by atoms with Crippen molar-refractivity contribution < 1.29 is 19.1 Å². The molecule has 2 aliphatic rings. The van der Waals surface area contributed by atoms with Gasteiger partial charge in [0.1, 0.15) is 5.92 Å². The van der Waals surface area contributed by atoms with E-state index in [2.05, 4.69) is 20.7 Å². The van der Waals surface area contributed by atoms with E-state index in [4.69, 9.17) is 4.74 Å². The highest BCUT2D eigenvalue weighted by Crippen LogP contribution is 2.30. The summed E-state index contributed by atoms with van der Waals surface area (Å²) in [4.78, 5) is 46.1. The van der Waals surface area contributed by atoms with Crippen molar-refractivity contribution in [2.75, 3.05) is 11.6 Å². The molecule has 27 heavy (non-hydrogen) atoms. The van der Waals surface area contributed by atoms with E-state index >= 15 is 0 Å². The van der Waals surface area contributed by atoms with Gasteiger partial charge in [0.25, 0.3) is 5.91 Å². The summed E-state index contributed by atoms with van der Waals surface area (Å²) < 4.78 is 4.93. The third-order valence-corrected chi connectivity index (χ3v) is 4.94. The van der Waals surface area contributed by atoms with E-state index < -0.39 is 18.0 Å². The number of carbonyl (C=O) groups is 3. The first-order valence-corrected chi connectivity index (χ1v) is 9.19. The lowest BCUT2D eigenvalue weighted by Crippen LogP contribution is -2.59. The predicted octanol–water partition coefficient (Wildman–Crippen LogP) is 0.407. The first-order chi connectivity index (χ1) is 12.8. The second-order valence-electron chi connectivity index (χ2n) is 7.02. The fourth-order valence-electron chi connectivity index (χ4n) is 3.72. The molecule has 0 aromatic carbocycles. The van der Waals surface area contributed by atoms with Crippen molar-refractivity contribution in [3.63, 3.8) is 0 Å². The molecule has 146 valence electrons. The number of hydrogen-bond acceptors (Lipinski definition) is 8. The first kappa shape index (κ1) is 19.4. The van der Waals surface area contributed by atoms with Gasteiger partial charge in [0.2, 0.25) is 5.95 Å². The summed E-state index contributed by atoms with van der Waals surface area (Å²) in [6.07, 6.45) is -0.00932. The van der Waals surface area contributed by atoms with Crippen LogP contribution in [0, 0.1) is 25.7 Å². The molecular formula is C18H25N5O4. The van der Waals surface area contributed by atoms with Gasteiger partial charge in [0.05, 0.1) is 12.8 Å². The maximum absolute atomic E-state index is 13.0. The number of piperidine rings is 1. The third kappa shape index (κ3) is 3.84. The van der Waals surface area contributed by atoms with Gasteiger partial charge in [-0.2, -0.15) is 0 Å². The SMILES string of the molecule is CCOC(=O)CCC1C(=O)C2C(=O)N(c3nc(C)cc(C)n3)NC2NC1C. The minimum atomic E-state index is -0.863. The molecule has 2 aliphatic heterocycles.